The number of aliphatic hydroxyl groups is 1. The molecule has 20 heavy (non-hydrogen) atoms. The van der Waals surface area contributed by atoms with E-state index in [4.69, 9.17) is 9.29 Å². The molecular weight excluding hydrogens is 276 g/mol. The lowest BCUT2D eigenvalue weighted by Crippen LogP contribution is -2.17. The van der Waals surface area contributed by atoms with Gasteiger partial charge in [0.1, 0.15) is 11.5 Å². The van der Waals surface area contributed by atoms with Crippen molar-refractivity contribution in [3.63, 3.8) is 0 Å². The lowest BCUT2D eigenvalue weighted by Gasteiger charge is -2.10. The zero-order valence-electron chi connectivity index (χ0n) is 10.7. The number of hydrogen-bond acceptors (Lipinski definition) is 4. The minimum Gasteiger partial charge on any atom is -0.395 e. The molecule has 0 heterocycles. The topological polar surface area (TPSA) is 63.6 Å². The molecule has 2 aromatic rings. The standard InChI is InChI=1S/C15H14O4S/c16-8-9-20(17,18)19-15-7-3-6-13-12-5-2-1-4-11(12)10-14(13)15/h1-7,16H,8-10H2. The Bertz CT molecular complexity index is 750. The number of benzene rings is 2. The predicted octanol–water partition coefficient (Wildman–Crippen LogP) is 1.96. The Hall–Kier alpha value is -1.85. The first-order chi connectivity index (χ1) is 9.61. The van der Waals surface area contributed by atoms with Gasteiger partial charge in [-0.2, -0.15) is 8.42 Å². The zero-order valence-corrected chi connectivity index (χ0v) is 11.6. The average Bonchev–Trinajstić information content (AvgIpc) is 2.78. The van der Waals surface area contributed by atoms with Gasteiger partial charge in [-0.25, -0.2) is 0 Å². The van der Waals surface area contributed by atoms with Crippen molar-refractivity contribution in [1.82, 2.24) is 0 Å². The van der Waals surface area contributed by atoms with E-state index in [1.807, 2.05) is 30.3 Å². The Morgan fingerprint density at radius 1 is 1.05 bits per heavy atom. The number of fused-ring (bicyclic) bond motifs is 3. The van der Waals surface area contributed by atoms with E-state index in [0.717, 1.165) is 22.3 Å². The largest absolute Gasteiger partial charge is 0.395 e. The van der Waals surface area contributed by atoms with Gasteiger partial charge in [-0.05, 0) is 22.8 Å². The Kier molecular flexibility index (Phi) is 3.23. The van der Waals surface area contributed by atoms with Crippen molar-refractivity contribution >= 4 is 10.1 Å². The Balaban J connectivity index is 2.02. The molecule has 0 amide bonds. The number of rotatable bonds is 4. The third kappa shape index (κ3) is 2.30. The van der Waals surface area contributed by atoms with E-state index in [9.17, 15) is 8.42 Å². The molecule has 4 nitrogen and oxygen atoms in total. The van der Waals surface area contributed by atoms with Gasteiger partial charge in [0, 0.05) is 12.0 Å². The monoisotopic (exact) mass is 290 g/mol. The normalized spacial score (nSPS) is 12.8. The number of hydrogen-bond donors (Lipinski definition) is 1. The zero-order chi connectivity index (χ0) is 14.2. The Morgan fingerprint density at radius 2 is 1.80 bits per heavy atom. The molecule has 0 radical (unpaired) electrons. The van der Waals surface area contributed by atoms with Crippen LogP contribution in [0, 0.1) is 0 Å². The van der Waals surface area contributed by atoms with E-state index in [1.165, 1.54) is 0 Å². The molecule has 1 aliphatic rings. The fraction of sp³-hybridized carbons (Fsp3) is 0.200. The average molecular weight is 290 g/mol. The summed E-state index contributed by atoms with van der Waals surface area (Å²) in [5, 5.41) is 8.76. The third-order valence-corrected chi connectivity index (χ3v) is 4.48. The highest BCUT2D eigenvalue weighted by Gasteiger charge is 2.23. The van der Waals surface area contributed by atoms with E-state index < -0.39 is 22.5 Å². The van der Waals surface area contributed by atoms with Gasteiger partial charge >= 0.3 is 10.1 Å². The van der Waals surface area contributed by atoms with Crippen molar-refractivity contribution in [2.24, 2.45) is 0 Å². The molecule has 0 aromatic heterocycles. The van der Waals surface area contributed by atoms with Crippen LogP contribution in [0.15, 0.2) is 42.5 Å². The summed E-state index contributed by atoms with van der Waals surface area (Å²) in [5.41, 5.74) is 4.18. The van der Waals surface area contributed by atoms with Crippen molar-refractivity contribution in [2.75, 3.05) is 12.4 Å². The van der Waals surface area contributed by atoms with Crippen molar-refractivity contribution in [2.45, 2.75) is 6.42 Å². The van der Waals surface area contributed by atoms with Gasteiger partial charge in [0.25, 0.3) is 0 Å². The van der Waals surface area contributed by atoms with E-state index in [-0.39, 0.29) is 0 Å². The minimum absolute atomic E-state index is 0.354. The quantitative estimate of drug-likeness (QED) is 0.746. The molecule has 104 valence electrons. The van der Waals surface area contributed by atoms with Crippen LogP contribution in [0.25, 0.3) is 11.1 Å². The summed E-state index contributed by atoms with van der Waals surface area (Å²) in [6.07, 6.45) is 0.663. The van der Waals surface area contributed by atoms with Crippen LogP contribution in [-0.2, 0) is 16.5 Å². The molecule has 0 fully saturated rings. The maximum Gasteiger partial charge on any atom is 0.311 e. The summed E-state index contributed by atoms with van der Waals surface area (Å²) in [7, 11) is -3.74. The Morgan fingerprint density at radius 3 is 2.60 bits per heavy atom. The fourth-order valence-electron chi connectivity index (χ4n) is 2.50. The molecule has 0 atom stereocenters. The number of aliphatic hydroxyl groups excluding tert-OH is 1. The second-order valence-electron chi connectivity index (χ2n) is 4.68. The molecule has 0 aliphatic heterocycles. The SMILES string of the molecule is O=S(=O)(CCO)Oc1cccc2c1Cc1ccccc1-2. The lowest BCUT2D eigenvalue weighted by molar-refractivity contribution is 0.315. The predicted molar refractivity (Wildman–Crippen MR) is 76.2 cm³/mol. The summed E-state index contributed by atoms with van der Waals surface area (Å²) < 4.78 is 28.5. The van der Waals surface area contributed by atoms with Crippen LogP contribution in [0.4, 0.5) is 0 Å². The van der Waals surface area contributed by atoms with Crippen molar-refractivity contribution < 1.29 is 17.7 Å². The van der Waals surface area contributed by atoms with Crippen molar-refractivity contribution in [1.29, 1.82) is 0 Å². The third-order valence-electron chi connectivity index (χ3n) is 3.37. The first-order valence-corrected chi connectivity index (χ1v) is 7.91. The Labute approximate surface area is 117 Å². The van der Waals surface area contributed by atoms with Crippen molar-refractivity contribution in [3.8, 4) is 16.9 Å². The van der Waals surface area contributed by atoms with E-state index in [2.05, 4.69) is 0 Å². The highest BCUT2D eigenvalue weighted by Crippen LogP contribution is 2.41. The van der Waals surface area contributed by atoms with Gasteiger partial charge in [0.15, 0.2) is 0 Å². The van der Waals surface area contributed by atoms with E-state index in [0.29, 0.717) is 12.2 Å². The van der Waals surface area contributed by atoms with Gasteiger partial charge in [-0.3, -0.25) is 0 Å². The second kappa shape index (κ2) is 4.92. The maximum absolute atomic E-state index is 11.7. The van der Waals surface area contributed by atoms with Gasteiger partial charge < -0.3 is 9.29 Å². The van der Waals surface area contributed by atoms with Crippen LogP contribution in [0.2, 0.25) is 0 Å². The molecule has 0 saturated carbocycles. The molecule has 0 saturated heterocycles. The summed E-state index contributed by atoms with van der Waals surface area (Å²) in [6, 6.07) is 13.4. The molecule has 0 unspecified atom stereocenters. The van der Waals surface area contributed by atoms with Gasteiger partial charge in [-0.15, -0.1) is 0 Å². The summed E-state index contributed by atoms with van der Waals surface area (Å²) in [4.78, 5) is 0. The van der Waals surface area contributed by atoms with Crippen LogP contribution in [0.3, 0.4) is 0 Å². The van der Waals surface area contributed by atoms with Crippen LogP contribution < -0.4 is 4.18 Å². The second-order valence-corrected chi connectivity index (χ2v) is 6.38. The van der Waals surface area contributed by atoms with Gasteiger partial charge in [-0.1, -0.05) is 36.4 Å². The van der Waals surface area contributed by atoms with E-state index in [1.54, 1.807) is 12.1 Å². The first-order valence-electron chi connectivity index (χ1n) is 6.34. The maximum atomic E-state index is 11.7. The van der Waals surface area contributed by atoms with Gasteiger partial charge in [0.2, 0.25) is 0 Å². The van der Waals surface area contributed by atoms with Crippen LogP contribution in [0.1, 0.15) is 11.1 Å². The summed E-state index contributed by atoms with van der Waals surface area (Å²) in [6.45, 7) is -0.447. The molecular formula is C15H14O4S. The van der Waals surface area contributed by atoms with Crippen LogP contribution in [0.5, 0.6) is 5.75 Å². The van der Waals surface area contributed by atoms with Gasteiger partial charge in [0.05, 0.1) is 6.61 Å². The highest BCUT2D eigenvalue weighted by atomic mass is 32.2. The smallest absolute Gasteiger partial charge is 0.311 e. The molecule has 2 aromatic carbocycles. The fourth-order valence-corrected chi connectivity index (χ4v) is 3.23. The molecule has 0 bridgehead atoms. The molecule has 1 aliphatic carbocycles. The highest BCUT2D eigenvalue weighted by molar-refractivity contribution is 7.87. The van der Waals surface area contributed by atoms with E-state index >= 15 is 0 Å². The molecule has 5 heteroatoms. The summed E-state index contributed by atoms with van der Waals surface area (Å²) in [5.74, 6) is -0.0453. The molecule has 1 N–H and O–H groups in total. The first kappa shape index (κ1) is 13.1. The summed E-state index contributed by atoms with van der Waals surface area (Å²) >= 11 is 0. The van der Waals surface area contributed by atoms with Crippen LogP contribution in [-0.4, -0.2) is 25.9 Å². The minimum atomic E-state index is -3.74. The van der Waals surface area contributed by atoms with Crippen LogP contribution >= 0.6 is 0 Å². The lowest BCUT2D eigenvalue weighted by atomic mass is 10.1. The molecule has 0 spiro atoms. The van der Waals surface area contributed by atoms with Crippen molar-refractivity contribution in [3.05, 3.63) is 53.6 Å². The molecule has 3 rings (SSSR count).